The standard InChI is InChI=1S/C16H10Br2N2O2S/c17-12-7-14(23-15(12)18)16(22)20-19-8-11-10-4-2-1-3-9(10)5-6-13(11)21/h1-8,21H,(H,20,22)/b19-8+. The summed E-state index contributed by atoms with van der Waals surface area (Å²) >= 11 is 7.99. The van der Waals surface area contributed by atoms with Crippen molar-refractivity contribution in [2.45, 2.75) is 0 Å². The Balaban J connectivity index is 1.83. The molecule has 0 bridgehead atoms. The third kappa shape index (κ3) is 3.46. The fourth-order valence-electron chi connectivity index (χ4n) is 2.09. The number of aromatic hydroxyl groups is 1. The number of rotatable bonds is 3. The van der Waals surface area contributed by atoms with E-state index in [1.165, 1.54) is 17.6 Å². The van der Waals surface area contributed by atoms with Crippen molar-refractivity contribution in [1.29, 1.82) is 0 Å². The third-order valence-corrected chi connectivity index (χ3v) is 6.43. The number of thiophene rings is 1. The van der Waals surface area contributed by atoms with Crippen molar-refractivity contribution in [3.8, 4) is 5.75 Å². The molecular formula is C16H10Br2N2O2S. The molecule has 3 rings (SSSR count). The molecule has 23 heavy (non-hydrogen) atoms. The highest BCUT2D eigenvalue weighted by molar-refractivity contribution is 9.13. The Morgan fingerprint density at radius 1 is 1.22 bits per heavy atom. The molecule has 2 aromatic carbocycles. The fraction of sp³-hybridized carbons (Fsp3) is 0. The number of nitrogens with zero attached hydrogens (tertiary/aromatic N) is 1. The van der Waals surface area contributed by atoms with Crippen molar-refractivity contribution >= 4 is 66.1 Å². The maximum absolute atomic E-state index is 12.0. The molecular weight excluding hydrogens is 444 g/mol. The minimum atomic E-state index is -0.308. The minimum Gasteiger partial charge on any atom is -0.507 e. The van der Waals surface area contributed by atoms with Crippen molar-refractivity contribution in [2.75, 3.05) is 0 Å². The largest absolute Gasteiger partial charge is 0.507 e. The summed E-state index contributed by atoms with van der Waals surface area (Å²) in [6.45, 7) is 0. The quantitative estimate of drug-likeness (QED) is 0.437. The lowest BCUT2D eigenvalue weighted by atomic mass is 10.0. The minimum absolute atomic E-state index is 0.114. The van der Waals surface area contributed by atoms with E-state index < -0.39 is 0 Å². The summed E-state index contributed by atoms with van der Waals surface area (Å²) < 4.78 is 1.67. The number of hydrogen-bond donors (Lipinski definition) is 2. The van der Waals surface area contributed by atoms with Crippen molar-refractivity contribution < 1.29 is 9.90 Å². The molecule has 1 amide bonds. The summed E-state index contributed by atoms with van der Waals surface area (Å²) in [4.78, 5) is 12.6. The van der Waals surface area contributed by atoms with Gasteiger partial charge in [0, 0.05) is 10.0 Å². The normalized spacial score (nSPS) is 11.2. The monoisotopic (exact) mass is 452 g/mol. The summed E-state index contributed by atoms with van der Waals surface area (Å²) in [5, 5.41) is 15.8. The predicted molar refractivity (Wildman–Crippen MR) is 100 cm³/mol. The number of fused-ring (bicyclic) bond motifs is 1. The molecule has 4 nitrogen and oxygen atoms in total. The third-order valence-electron chi connectivity index (χ3n) is 3.18. The van der Waals surface area contributed by atoms with Crippen LogP contribution in [-0.4, -0.2) is 17.2 Å². The highest BCUT2D eigenvalue weighted by Gasteiger charge is 2.11. The molecule has 0 fully saturated rings. The van der Waals surface area contributed by atoms with Crippen LogP contribution in [-0.2, 0) is 0 Å². The zero-order valence-electron chi connectivity index (χ0n) is 11.6. The van der Waals surface area contributed by atoms with E-state index in [0.29, 0.717) is 10.4 Å². The summed E-state index contributed by atoms with van der Waals surface area (Å²) in [7, 11) is 0. The van der Waals surface area contributed by atoms with Crippen LogP contribution in [0.3, 0.4) is 0 Å². The molecule has 1 aromatic heterocycles. The van der Waals surface area contributed by atoms with E-state index in [9.17, 15) is 9.90 Å². The fourth-order valence-corrected chi connectivity index (χ4v) is 4.01. The van der Waals surface area contributed by atoms with Crippen LogP contribution in [0.4, 0.5) is 0 Å². The Bertz CT molecular complexity index is 902. The number of halogens is 2. The first kappa shape index (κ1) is 16.2. The zero-order valence-corrected chi connectivity index (χ0v) is 15.6. The van der Waals surface area contributed by atoms with Crippen LogP contribution < -0.4 is 5.43 Å². The zero-order chi connectivity index (χ0) is 16.4. The first-order valence-corrected chi connectivity index (χ1v) is 8.95. The number of carbonyl (C=O) groups excluding carboxylic acids is 1. The molecule has 0 aliphatic rings. The van der Waals surface area contributed by atoms with Gasteiger partial charge in [-0.15, -0.1) is 11.3 Å². The average Bonchev–Trinajstić information content (AvgIpc) is 2.89. The summed E-state index contributed by atoms with van der Waals surface area (Å²) in [5.74, 6) is -0.194. The Hall–Kier alpha value is -1.70. The molecule has 3 aromatic rings. The second-order valence-corrected chi connectivity index (χ2v) is 7.88. The molecule has 2 N–H and O–H groups in total. The summed E-state index contributed by atoms with van der Waals surface area (Å²) in [6, 6.07) is 12.8. The number of nitrogens with one attached hydrogen (secondary N) is 1. The number of benzene rings is 2. The van der Waals surface area contributed by atoms with Gasteiger partial charge in [0.05, 0.1) is 14.9 Å². The maximum atomic E-state index is 12.0. The van der Waals surface area contributed by atoms with E-state index in [1.54, 1.807) is 12.1 Å². The Morgan fingerprint density at radius 2 is 2.00 bits per heavy atom. The lowest BCUT2D eigenvalue weighted by molar-refractivity contribution is 0.0959. The van der Waals surface area contributed by atoms with Crippen LogP contribution in [0.5, 0.6) is 5.75 Å². The Morgan fingerprint density at radius 3 is 2.74 bits per heavy atom. The molecule has 0 unspecified atom stereocenters. The number of hydrazone groups is 1. The first-order valence-electron chi connectivity index (χ1n) is 6.55. The molecule has 0 aliphatic heterocycles. The summed E-state index contributed by atoms with van der Waals surface area (Å²) in [5.41, 5.74) is 3.03. The highest BCUT2D eigenvalue weighted by atomic mass is 79.9. The number of amides is 1. The van der Waals surface area contributed by atoms with Gasteiger partial charge >= 0.3 is 0 Å². The molecule has 0 radical (unpaired) electrons. The molecule has 116 valence electrons. The number of phenols is 1. The lowest BCUT2D eigenvalue weighted by Crippen LogP contribution is -2.16. The van der Waals surface area contributed by atoms with Crippen molar-refractivity contribution in [2.24, 2.45) is 5.10 Å². The number of hydrogen-bond acceptors (Lipinski definition) is 4. The average molecular weight is 454 g/mol. The SMILES string of the molecule is O=C(N/N=C/c1c(O)ccc2ccccc12)c1cc(Br)c(Br)s1. The topological polar surface area (TPSA) is 61.7 Å². The van der Waals surface area contributed by atoms with Gasteiger partial charge in [-0.05, 0) is 54.8 Å². The van der Waals surface area contributed by atoms with E-state index >= 15 is 0 Å². The van der Waals surface area contributed by atoms with Gasteiger partial charge in [0.1, 0.15) is 5.75 Å². The molecule has 1 heterocycles. The van der Waals surface area contributed by atoms with Gasteiger partial charge in [0.15, 0.2) is 0 Å². The van der Waals surface area contributed by atoms with Crippen LogP contribution in [0.15, 0.2) is 55.8 Å². The Labute approximate surface area is 153 Å². The van der Waals surface area contributed by atoms with Crippen molar-refractivity contribution in [3.05, 3.63) is 61.2 Å². The van der Waals surface area contributed by atoms with Gasteiger partial charge in [-0.2, -0.15) is 5.10 Å². The van der Waals surface area contributed by atoms with Crippen LogP contribution in [0.2, 0.25) is 0 Å². The van der Waals surface area contributed by atoms with Crippen LogP contribution in [0.1, 0.15) is 15.2 Å². The van der Waals surface area contributed by atoms with E-state index in [4.69, 9.17) is 0 Å². The van der Waals surface area contributed by atoms with Gasteiger partial charge in [0.2, 0.25) is 0 Å². The second-order valence-electron chi connectivity index (χ2n) is 4.65. The van der Waals surface area contributed by atoms with Gasteiger partial charge < -0.3 is 5.11 Å². The number of phenolic OH excluding ortho intramolecular Hbond substituents is 1. The lowest BCUT2D eigenvalue weighted by Gasteiger charge is -2.04. The highest BCUT2D eigenvalue weighted by Crippen LogP contribution is 2.32. The molecule has 0 atom stereocenters. The van der Waals surface area contributed by atoms with Crippen LogP contribution in [0, 0.1) is 0 Å². The molecule has 0 saturated carbocycles. The summed E-state index contributed by atoms with van der Waals surface area (Å²) in [6.07, 6.45) is 1.45. The van der Waals surface area contributed by atoms with Gasteiger partial charge in [-0.25, -0.2) is 5.43 Å². The van der Waals surface area contributed by atoms with Crippen LogP contribution >= 0.6 is 43.2 Å². The van der Waals surface area contributed by atoms with Crippen molar-refractivity contribution in [3.63, 3.8) is 0 Å². The maximum Gasteiger partial charge on any atom is 0.281 e. The van der Waals surface area contributed by atoms with Gasteiger partial charge in [-0.1, -0.05) is 30.3 Å². The first-order chi connectivity index (χ1) is 11.1. The van der Waals surface area contributed by atoms with E-state index in [-0.39, 0.29) is 11.7 Å². The van der Waals surface area contributed by atoms with Gasteiger partial charge in [-0.3, -0.25) is 4.79 Å². The van der Waals surface area contributed by atoms with E-state index in [0.717, 1.165) is 19.0 Å². The molecule has 7 heteroatoms. The predicted octanol–water partition coefficient (Wildman–Crippen LogP) is 4.90. The van der Waals surface area contributed by atoms with E-state index in [1.807, 2.05) is 30.3 Å². The molecule has 0 spiro atoms. The molecule has 0 saturated heterocycles. The smallest absolute Gasteiger partial charge is 0.281 e. The Kier molecular flexibility index (Phi) is 4.79. The number of carbonyl (C=O) groups is 1. The van der Waals surface area contributed by atoms with Crippen LogP contribution in [0.25, 0.3) is 10.8 Å². The van der Waals surface area contributed by atoms with Crippen molar-refractivity contribution in [1.82, 2.24) is 5.43 Å². The second kappa shape index (κ2) is 6.82. The van der Waals surface area contributed by atoms with Gasteiger partial charge in [0.25, 0.3) is 5.91 Å². The van der Waals surface area contributed by atoms with E-state index in [2.05, 4.69) is 42.4 Å². The molecule has 0 aliphatic carbocycles.